The largest absolute Gasteiger partial charge is 0.490 e. The first-order valence-corrected chi connectivity index (χ1v) is 8.79. The van der Waals surface area contributed by atoms with E-state index in [0.717, 1.165) is 30.8 Å². The molecule has 0 aliphatic carbocycles. The molecular weight excluding hydrogens is 415 g/mol. The molecule has 1 aromatic carbocycles. The van der Waals surface area contributed by atoms with Crippen LogP contribution >= 0.6 is 11.6 Å². The van der Waals surface area contributed by atoms with Crippen LogP contribution in [0.5, 0.6) is 0 Å². The average molecular weight is 434 g/mol. The Hall–Kier alpha value is -2.63. The number of nitrogens with zero attached hydrogens (tertiary/aromatic N) is 2. The van der Waals surface area contributed by atoms with Gasteiger partial charge in [-0.25, -0.2) is 9.78 Å². The fourth-order valence-corrected chi connectivity index (χ4v) is 2.55. The smallest absolute Gasteiger partial charge is 0.475 e. The van der Waals surface area contributed by atoms with Gasteiger partial charge in [0.1, 0.15) is 5.82 Å². The van der Waals surface area contributed by atoms with Crippen LogP contribution in [0.1, 0.15) is 0 Å². The summed E-state index contributed by atoms with van der Waals surface area (Å²) < 4.78 is 37.4. The van der Waals surface area contributed by atoms with Crippen molar-refractivity contribution in [1.29, 1.82) is 0 Å². The van der Waals surface area contributed by atoms with Crippen molar-refractivity contribution in [2.45, 2.75) is 12.3 Å². The number of alkyl halides is 3. The molecule has 0 bridgehead atoms. The summed E-state index contributed by atoms with van der Waals surface area (Å²) in [6, 6.07) is 7.56. The summed E-state index contributed by atoms with van der Waals surface area (Å²) in [5, 5.41) is 14.4. The number of carbonyl (C=O) groups is 1. The maximum Gasteiger partial charge on any atom is 0.490 e. The second-order valence-electron chi connectivity index (χ2n) is 5.88. The number of aromatic nitrogens is 2. The van der Waals surface area contributed by atoms with Gasteiger partial charge in [-0.2, -0.15) is 18.2 Å². The van der Waals surface area contributed by atoms with Gasteiger partial charge in [-0.1, -0.05) is 23.7 Å². The summed E-state index contributed by atoms with van der Waals surface area (Å²) in [4.78, 5) is 17.3. The Bertz CT molecular complexity index is 832. The molecule has 0 radical (unpaired) electrons. The van der Waals surface area contributed by atoms with Gasteiger partial charge in [-0.3, -0.25) is 0 Å². The molecule has 1 aromatic heterocycles. The summed E-state index contributed by atoms with van der Waals surface area (Å²) in [6.07, 6.45) is -3.27. The van der Waals surface area contributed by atoms with Gasteiger partial charge in [0.25, 0.3) is 0 Å². The number of anilines is 2. The van der Waals surface area contributed by atoms with Crippen LogP contribution in [0.25, 0.3) is 11.1 Å². The summed E-state index contributed by atoms with van der Waals surface area (Å²) in [5.41, 5.74) is 7.52. The number of rotatable bonds is 4. The van der Waals surface area contributed by atoms with E-state index in [-0.39, 0.29) is 12.1 Å². The molecule has 158 valence electrons. The summed E-state index contributed by atoms with van der Waals surface area (Å²) >= 11 is 6.06. The monoisotopic (exact) mass is 433 g/mol. The SMILES string of the molecule is Nc1ncc(-c2cccc(Cl)c2)c(NCC2CNCCO2)n1.O=C(O)C(F)(F)F. The van der Waals surface area contributed by atoms with E-state index in [9.17, 15) is 13.2 Å². The second-order valence-corrected chi connectivity index (χ2v) is 6.32. The predicted molar refractivity (Wildman–Crippen MR) is 102 cm³/mol. The van der Waals surface area contributed by atoms with E-state index < -0.39 is 12.1 Å². The number of morpholine rings is 1. The Balaban J connectivity index is 0.000000370. The molecule has 2 heterocycles. The highest BCUT2D eigenvalue weighted by molar-refractivity contribution is 6.30. The van der Waals surface area contributed by atoms with Gasteiger partial charge >= 0.3 is 12.1 Å². The Kier molecular flexibility index (Phi) is 8.00. The number of halogens is 4. The van der Waals surface area contributed by atoms with E-state index in [0.29, 0.717) is 17.4 Å². The summed E-state index contributed by atoms with van der Waals surface area (Å²) in [7, 11) is 0. The van der Waals surface area contributed by atoms with E-state index in [1.807, 2.05) is 24.3 Å². The minimum absolute atomic E-state index is 0.108. The molecule has 1 atom stereocenters. The van der Waals surface area contributed by atoms with Crippen molar-refractivity contribution in [3.8, 4) is 11.1 Å². The number of carboxylic acid groups (broad SMARTS) is 1. The van der Waals surface area contributed by atoms with Gasteiger partial charge in [-0.15, -0.1) is 0 Å². The number of nitrogens with one attached hydrogen (secondary N) is 2. The minimum atomic E-state index is -5.08. The van der Waals surface area contributed by atoms with Crippen molar-refractivity contribution in [3.63, 3.8) is 0 Å². The van der Waals surface area contributed by atoms with Crippen LogP contribution < -0.4 is 16.4 Å². The standard InChI is InChI=1S/C15H18ClN5O.C2HF3O2/c16-11-3-1-2-10(6-11)13-9-20-15(17)21-14(13)19-8-12-7-18-4-5-22-12;3-2(4,5)1(6)7/h1-3,6,9,12,18H,4-5,7-8H2,(H3,17,19,20,21);(H,6,7). The van der Waals surface area contributed by atoms with Crippen molar-refractivity contribution in [3.05, 3.63) is 35.5 Å². The number of nitrogens with two attached hydrogens (primary N) is 1. The van der Waals surface area contributed by atoms with Gasteiger partial charge in [-0.05, 0) is 17.7 Å². The zero-order chi connectivity index (χ0) is 21.4. The topological polar surface area (TPSA) is 122 Å². The molecule has 1 aliphatic rings. The lowest BCUT2D eigenvalue weighted by atomic mass is 10.1. The maximum atomic E-state index is 10.6. The first-order valence-electron chi connectivity index (χ1n) is 8.41. The van der Waals surface area contributed by atoms with Gasteiger partial charge in [0, 0.05) is 36.4 Å². The molecule has 12 heteroatoms. The zero-order valence-corrected chi connectivity index (χ0v) is 15.8. The highest BCUT2D eigenvalue weighted by Crippen LogP contribution is 2.28. The molecule has 1 aliphatic heterocycles. The van der Waals surface area contributed by atoms with Crippen LogP contribution in [0.3, 0.4) is 0 Å². The first-order chi connectivity index (χ1) is 13.7. The van der Waals surface area contributed by atoms with Crippen molar-refractivity contribution in [2.24, 2.45) is 0 Å². The Morgan fingerprint density at radius 1 is 1.45 bits per heavy atom. The molecule has 2 aromatic rings. The Morgan fingerprint density at radius 2 is 2.17 bits per heavy atom. The molecule has 1 fully saturated rings. The molecular formula is C17H19ClF3N5O3. The zero-order valence-electron chi connectivity index (χ0n) is 15.0. The van der Waals surface area contributed by atoms with Crippen molar-refractivity contribution in [2.75, 3.05) is 37.3 Å². The highest BCUT2D eigenvalue weighted by Gasteiger charge is 2.38. The quantitative estimate of drug-likeness (QED) is 0.580. The number of carboxylic acids is 1. The van der Waals surface area contributed by atoms with E-state index in [1.54, 1.807) is 6.20 Å². The predicted octanol–water partition coefficient (Wildman–Crippen LogP) is 2.41. The fourth-order valence-electron chi connectivity index (χ4n) is 2.36. The maximum absolute atomic E-state index is 10.6. The summed E-state index contributed by atoms with van der Waals surface area (Å²) in [6.45, 7) is 3.08. The summed E-state index contributed by atoms with van der Waals surface area (Å²) in [5.74, 6) is -1.84. The lowest BCUT2D eigenvalue weighted by molar-refractivity contribution is -0.192. The number of aliphatic carboxylic acids is 1. The van der Waals surface area contributed by atoms with Gasteiger partial charge in [0.15, 0.2) is 0 Å². The third-order valence-electron chi connectivity index (χ3n) is 3.69. The number of hydrogen-bond acceptors (Lipinski definition) is 7. The lowest BCUT2D eigenvalue weighted by Gasteiger charge is -2.24. The van der Waals surface area contributed by atoms with Crippen LogP contribution in [0.2, 0.25) is 5.02 Å². The molecule has 5 N–H and O–H groups in total. The third kappa shape index (κ3) is 7.37. The van der Waals surface area contributed by atoms with Crippen molar-refractivity contribution < 1.29 is 27.8 Å². The third-order valence-corrected chi connectivity index (χ3v) is 3.92. The second kappa shape index (κ2) is 10.2. The molecule has 0 saturated carbocycles. The van der Waals surface area contributed by atoms with Crippen molar-refractivity contribution >= 4 is 29.3 Å². The van der Waals surface area contributed by atoms with Crippen LogP contribution in [-0.2, 0) is 9.53 Å². The van der Waals surface area contributed by atoms with Crippen LogP contribution in [0.15, 0.2) is 30.5 Å². The Labute approximate surface area is 169 Å². The van der Waals surface area contributed by atoms with E-state index in [2.05, 4.69) is 20.6 Å². The Morgan fingerprint density at radius 3 is 2.76 bits per heavy atom. The number of hydrogen-bond donors (Lipinski definition) is 4. The van der Waals surface area contributed by atoms with Crippen molar-refractivity contribution in [1.82, 2.24) is 15.3 Å². The molecule has 0 spiro atoms. The highest BCUT2D eigenvalue weighted by atomic mass is 35.5. The molecule has 29 heavy (non-hydrogen) atoms. The first kappa shape index (κ1) is 22.7. The van der Waals surface area contributed by atoms with Crippen LogP contribution in [-0.4, -0.2) is 59.6 Å². The van der Waals surface area contributed by atoms with E-state index >= 15 is 0 Å². The molecule has 1 saturated heterocycles. The molecule has 3 rings (SSSR count). The van der Waals surface area contributed by atoms with Crippen LogP contribution in [0.4, 0.5) is 24.9 Å². The number of nitrogen functional groups attached to an aromatic ring is 1. The molecule has 1 unspecified atom stereocenters. The fraction of sp³-hybridized carbons (Fsp3) is 0.353. The van der Waals surface area contributed by atoms with Crippen LogP contribution in [0, 0.1) is 0 Å². The van der Waals surface area contributed by atoms with Gasteiger partial charge in [0.05, 0.1) is 12.7 Å². The van der Waals surface area contributed by atoms with Gasteiger partial charge < -0.3 is 26.2 Å². The number of benzene rings is 1. The molecule has 0 amide bonds. The normalized spacial score (nSPS) is 16.5. The number of ether oxygens (including phenoxy) is 1. The van der Waals surface area contributed by atoms with E-state index in [1.165, 1.54) is 0 Å². The minimum Gasteiger partial charge on any atom is -0.475 e. The lowest BCUT2D eigenvalue weighted by Crippen LogP contribution is -2.42. The molecule has 8 nitrogen and oxygen atoms in total. The van der Waals surface area contributed by atoms with E-state index in [4.69, 9.17) is 32.0 Å². The average Bonchev–Trinajstić information content (AvgIpc) is 2.67. The van der Waals surface area contributed by atoms with Gasteiger partial charge in [0.2, 0.25) is 5.95 Å².